The van der Waals surface area contributed by atoms with Crippen LogP contribution in [0.3, 0.4) is 0 Å². The average molecular weight is 402 g/mol. The molecule has 0 aliphatic heterocycles. The van der Waals surface area contributed by atoms with Crippen LogP contribution in [0.4, 0.5) is 0 Å². The standard InChI is InChI=1S/C20H20ClN5.ClH/c1-20(2,3)18-10-17(26(4)25-18)19-23-15-9-14(22-11-16(15)24-19)12-7-5-6-8-13(12)21;/h5-11H,1-4H3,(H,23,24);1H. The summed E-state index contributed by atoms with van der Waals surface area (Å²) in [5.74, 6) is 0.781. The molecule has 5 nitrogen and oxygen atoms in total. The number of rotatable bonds is 2. The van der Waals surface area contributed by atoms with Crippen molar-refractivity contribution >= 4 is 35.0 Å². The van der Waals surface area contributed by atoms with Crippen molar-refractivity contribution in [2.24, 2.45) is 7.05 Å². The SMILES string of the molecule is Cl.Cn1nc(C(C)(C)C)cc1-c1nc2cc(-c3ccccc3Cl)ncc2[nH]1. The predicted octanol–water partition coefficient (Wildman–Crippen LogP) is 5.40. The largest absolute Gasteiger partial charge is 0.335 e. The van der Waals surface area contributed by atoms with Crippen molar-refractivity contribution in [1.29, 1.82) is 0 Å². The highest BCUT2D eigenvalue weighted by Crippen LogP contribution is 2.30. The van der Waals surface area contributed by atoms with Crippen LogP contribution in [-0.4, -0.2) is 24.7 Å². The Hall–Kier alpha value is -2.37. The molecule has 4 rings (SSSR count). The summed E-state index contributed by atoms with van der Waals surface area (Å²) in [4.78, 5) is 12.6. The van der Waals surface area contributed by atoms with Gasteiger partial charge in [0, 0.05) is 23.0 Å². The second-order valence-electron chi connectivity index (χ2n) is 7.44. The minimum atomic E-state index is -0.0131. The van der Waals surface area contributed by atoms with Crippen LogP contribution in [0, 0.1) is 0 Å². The van der Waals surface area contributed by atoms with Crippen molar-refractivity contribution < 1.29 is 0 Å². The number of H-pyrrole nitrogens is 1. The van der Waals surface area contributed by atoms with Gasteiger partial charge in [0.05, 0.1) is 28.6 Å². The van der Waals surface area contributed by atoms with Crippen molar-refractivity contribution in [3.05, 3.63) is 53.3 Å². The summed E-state index contributed by atoms with van der Waals surface area (Å²) < 4.78 is 1.86. The van der Waals surface area contributed by atoms with Crippen LogP contribution in [0.1, 0.15) is 26.5 Å². The highest BCUT2D eigenvalue weighted by atomic mass is 35.5. The normalized spacial score (nSPS) is 11.6. The van der Waals surface area contributed by atoms with Crippen LogP contribution >= 0.6 is 24.0 Å². The van der Waals surface area contributed by atoms with Crippen molar-refractivity contribution in [1.82, 2.24) is 24.7 Å². The zero-order valence-electron chi connectivity index (χ0n) is 15.6. The van der Waals surface area contributed by atoms with Gasteiger partial charge in [-0.25, -0.2) is 4.98 Å². The van der Waals surface area contributed by atoms with E-state index in [-0.39, 0.29) is 17.8 Å². The predicted molar refractivity (Wildman–Crippen MR) is 112 cm³/mol. The fraction of sp³-hybridized carbons (Fsp3) is 0.250. The Balaban J connectivity index is 0.00000210. The van der Waals surface area contributed by atoms with Gasteiger partial charge in [-0.2, -0.15) is 5.10 Å². The summed E-state index contributed by atoms with van der Waals surface area (Å²) in [6.45, 7) is 6.45. The Morgan fingerprint density at radius 3 is 2.52 bits per heavy atom. The molecule has 3 aromatic heterocycles. The van der Waals surface area contributed by atoms with E-state index in [0.717, 1.165) is 39.5 Å². The summed E-state index contributed by atoms with van der Waals surface area (Å²) in [6.07, 6.45) is 1.80. The molecule has 0 aliphatic rings. The molecule has 27 heavy (non-hydrogen) atoms. The van der Waals surface area contributed by atoms with Gasteiger partial charge < -0.3 is 4.98 Å². The van der Waals surface area contributed by atoms with Gasteiger partial charge in [0.25, 0.3) is 0 Å². The maximum absolute atomic E-state index is 6.30. The fourth-order valence-electron chi connectivity index (χ4n) is 2.90. The minimum Gasteiger partial charge on any atom is -0.335 e. The lowest BCUT2D eigenvalue weighted by molar-refractivity contribution is 0.553. The number of halogens is 2. The van der Waals surface area contributed by atoms with Gasteiger partial charge in [-0.05, 0) is 18.2 Å². The Morgan fingerprint density at radius 2 is 1.85 bits per heavy atom. The number of aromatic amines is 1. The number of benzene rings is 1. The first-order chi connectivity index (χ1) is 12.3. The lowest BCUT2D eigenvalue weighted by atomic mass is 9.92. The third-order valence-corrected chi connectivity index (χ3v) is 4.74. The Labute approximate surface area is 169 Å². The highest BCUT2D eigenvalue weighted by molar-refractivity contribution is 6.33. The van der Waals surface area contributed by atoms with Gasteiger partial charge in [-0.15, -0.1) is 12.4 Å². The number of pyridine rings is 1. The van der Waals surface area contributed by atoms with Crippen molar-refractivity contribution in [2.75, 3.05) is 0 Å². The third kappa shape index (κ3) is 3.57. The van der Waals surface area contributed by atoms with Crippen LogP contribution < -0.4 is 0 Å². The number of aromatic nitrogens is 5. The molecule has 0 amide bonds. The number of aryl methyl sites for hydroxylation is 1. The molecular formula is C20H21Cl2N5. The number of imidazole rings is 1. The van der Waals surface area contributed by atoms with E-state index in [2.05, 4.69) is 41.9 Å². The molecule has 1 aromatic carbocycles. The lowest BCUT2D eigenvalue weighted by Gasteiger charge is -2.13. The molecule has 0 saturated carbocycles. The monoisotopic (exact) mass is 401 g/mol. The second kappa shape index (κ2) is 6.98. The smallest absolute Gasteiger partial charge is 0.156 e. The molecule has 0 bridgehead atoms. The van der Waals surface area contributed by atoms with Crippen molar-refractivity contribution in [3.8, 4) is 22.8 Å². The number of hydrogen-bond donors (Lipinski definition) is 1. The topological polar surface area (TPSA) is 59.4 Å². The lowest BCUT2D eigenvalue weighted by Crippen LogP contribution is -2.12. The molecule has 7 heteroatoms. The first-order valence-electron chi connectivity index (χ1n) is 8.48. The molecular weight excluding hydrogens is 381 g/mol. The number of fused-ring (bicyclic) bond motifs is 1. The van der Waals surface area contributed by atoms with E-state index >= 15 is 0 Å². The zero-order valence-corrected chi connectivity index (χ0v) is 17.2. The average Bonchev–Trinajstić information content (AvgIpc) is 3.17. The fourth-order valence-corrected chi connectivity index (χ4v) is 3.13. The molecule has 0 radical (unpaired) electrons. The van der Waals surface area contributed by atoms with E-state index < -0.39 is 0 Å². The van der Waals surface area contributed by atoms with E-state index in [9.17, 15) is 0 Å². The highest BCUT2D eigenvalue weighted by Gasteiger charge is 2.21. The Morgan fingerprint density at radius 1 is 1.11 bits per heavy atom. The van der Waals surface area contributed by atoms with Gasteiger partial charge in [-0.1, -0.05) is 50.6 Å². The van der Waals surface area contributed by atoms with Gasteiger partial charge in [0.1, 0.15) is 5.69 Å². The van der Waals surface area contributed by atoms with Gasteiger partial charge in [-0.3, -0.25) is 9.67 Å². The first-order valence-corrected chi connectivity index (χ1v) is 8.86. The molecule has 0 aliphatic carbocycles. The molecule has 4 aromatic rings. The van der Waals surface area contributed by atoms with Crippen LogP contribution in [0.25, 0.3) is 33.8 Å². The molecule has 0 unspecified atom stereocenters. The number of nitrogens with one attached hydrogen (secondary N) is 1. The van der Waals surface area contributed by atoms with Crippen molar-refractivity contribution in [2.45, 2.75) is 26.2 Å². The van der Waals surface area contributed by atoms with Crippen LogP contribution in [0.5, 0.6) is 0 Å². The van der Waals surface area contributed by atoms with Crippen LogP contribution in [0.2, 0.25) is 5.02 Å². The second-order valence-corrected chi connectivity index (χ2v) is 7.85. The summed E-state index contributed by atoms with van der Waals surface area (Å²) in [5, 5.41) is 5.31. The maximum Gasteiger partial charge on any atom is 0.156 e. The molecule has 3 heterocycles. The zero-order chi connectivity index (χ0) is 18.5. The quantitative estimate of drug-likeness (QED) is 0.489. The molecule has 0 saturated heterocycles. The van der Waals surface area contributed by atoms with Gasteiger partial charge >= 0.3 is 0 Å². The van der Waals surface area contributed by atoms with Crippen LogP contribution in [-0.2, 0) is 12.5 Å². The number of nitrogens with zero attached hydrogens (tertiary/aromatic N) is 4. The number of hydrogen-bond acceptors (Lipinski definition) is 3. The van der Waals surface area contributed by atoms with E-state index in [4.69, 9.17) is 16.6 Å². The minimum absolute atomic E-state index is 0. The molecule has 0 spiro atoms. The third-order valence-electron chi connectivity index (χ3n) is 4.41. The maximum atomic E-state index is 6.30. The summed E-state index contributed by atoms with van der Waals surface area (Å²) in [6, 6.07) is 11.7. The Kier molecular flexibility index (Phi) is 5.02. The van der Waals surface area contributed by atoms with E-state index in [1.807, 2.05) is 42.1 Å². The van der Waals surface area contributed by atoms with E-state index in [0.29, 0.717) is 5.02 Å². The molecule has 0 atom stereocenters. The molecule has 1 N–H and O–H groups in total. The van der Waals surface area contributed by atoms with Gasteiger partial charge in [0.2, 0.25) is 0 Å². The van der Waals surface area contributed by atoms with E-state index in [1.165, 1.54) is 0 Å². The van der Waals surface area contributed by atoms with Crippen LogP contribution in [0.15, 0.2) is 42.6 Å². The summed E-state index contributed by atoms with van der Waals surface area (Å²) in [5.41, 5.74) is 5.41. The van der Waals surface area contributed by atoms with Crippen molar-refractivity contribution in [3.63, 3.8) is 0 Å². The molecule has 140 valence electrons. The summed E-state index contributed by atoms with van der Waals surface area (Å²) >= 11 is 6.30. The van der Waals surface area contributed by atoms with Gasteiger partial charge in [0.15, 0.2) is 5.82 Å². The molecule has 0 fully saturated rings. The summed E-state index contributed by atoms with van der Waals surface area (Å²) in [7, 11) is 1.94. The first kappa shape index (κ1) is 19.4. The van der Waals surface area contributed by atoms with E-state index in [1.54, 1.807) is 6.20 Å². The Bertz CT molecular complexity index is 1110.